The van der Waals surface area contributed by atoms with E-state index < -0.39 is 0 Å². The van der Waals surface area contributed by atoms with Gasteiger partial charge >= 0.3 is 0 Å². The summed E-state index contributed by atoms with van der Waals surface area (Å²) in [5.41, 5.74) is 0.840. The monoisotopic (exact) mass is 292 g/mol. The minimum absolute atomic E-state index is 0.145. The fraction of sp³-hybridized carbons (Fsp3) is 0.385. The third kappa shape index (κ3) is 3.11. The molecule has 6 nitrogen and oxygen atoms in total. The van der Waals surface area contributed by atoms with Gasteiger partial charge in [-0.15, -0.1) is 11.3 Å². The average molecular weight is 292 g/mol. The Morgan fingerprint density at radius 1 is 1.50 bits per heavy atom. The van der Waals surface area contributed by atoms with E-state index in [4.69, 9.17) is 0 Å². The minimum Gasteiger partial charge on any atom is -0.341 e. The molecule has 0 radical (unpaired) electrons. The molecule has 106 valence electrons. The van der Waals surface area contributed by atoms with Gasteiger partial charge in [0.25, 0.3) is 11.5 Å². The maximum absolute atomic E-state index is 12.1. The Labute approximate surface area is 120 Å². The van der Waals surface area contributed by atoms with Gasteiger partial charge in [0.2, 0.25) is 0 Å². The van der Waals surface area contributed by atoms with Crippen LogP contribution in [0, 0.1) is 13.8 Å². The van der Waals surface area contributed by atoms with Crippen molar-refractivity contribution < 1.29 is 4.79 Å². The maximum atomic E-state index is 12.1. The molecule has 0 fully saturated rings. The first-order valence-electron chi connectivity index (χ1n) is 6.30. The van der Waals surface area contributed by atoms with E-state index in [-0.39, 0.29) is 23.2 Å². The number of hydrogen-bond acceptors (Lipinski definition) is 5. The third-order valence-electron chi connectivity index (χ3n) is 2.96. The largest absolute Gasteiger partial charge is 0.341 e. The van der Waals surface area contributed by atoms with Gasteiger partial charge in [-0.3, -0.25) is 9.59 Å². The second-order valence-corrected chi connectivity index (χ2v) is 5.66. The van der Waals surface area contributed by atoms with Crippen molar-refractivity contribution in [2.75, 3.05) is 0 Å². The molecule has 2 aromatic heterocycles. The molecule has 2 N–H and O–H groups in total. The van der Waals surface area contributed by atoms with Gasteiger partial charge in [-0.2, -0.15) is 0 Å². The van der Waals surface area contributed by atoms with Crippen LogP contribution in [0.4, 0.5) is 0 Å². The lowest BCUT2D eigenvalue weighted by atomic mass is 10.2. The van der Waals surface area contributed by atoms with Crippen molar-refractivity contribution in [3.63, 3.8) is 0 Å². The summed E-state index contributed by atoms with van der Waals surface area (Å²) >= 11 is 1.58. The number of thiazole rings is 1. The van der Waals surface area contributed by atoms with Gasteiger partial charge in [0, 0.05) is 11.1 Å². The predicted molar refractivity (Wildman–Crippen MR) is 76.9 cm³/mol. The Morgan fingerprint density at radius 3 is 2.75 bits per heavy atom. The highest BCUT2D eigenvalue weighted by Gasteiger charge is 2.18. The van der Waals surface area contributed by atoms with Gasteiger partial charge in [0.15, 0.2) is 0 Å². The lowest BCUT2D eigenvalue weighted by molar-refractivity contribution is 0.0930. The molecule has 7 heteroatoms. The summed E-state index contributed by atoms with van der Waals surface area (Å²) in [6, 6.07) is -0.145. The standard InChI is InChI=1S/C13H16N4O2S/c1-4-9(13-16-7(2)8(3)20-13)17-12(19)10-5-15-11(18)6-14-10/h5-6,9H,4H2,1-3H3,(H,15,18)(H,17,19). The van der Waals surface area contributed by atoms with Crippen molar-refractivity contribution in [3.05, 3.63) is 44.0 Å². The molecule has 1 amide bonds. The number of nitrogens with zero attached hydrogens (tertiary/aromatic N) is 2. The van der Waals surface area contributed by atoms with Crippen molar-refractivity contribution in [1.82, 2.24) is 20.3 Å². The first kappa shape index (κ1) is 14.4. The van der Waals surface area contributed by atoms with E-state index in [1.165, 1.54) is 6.20 Å². The summed E-state index contributed by atoms with van der Waals surface area (Å²) in [4.78, 5) is 34.9. The first-order chi connectivity index (χ1) is 9.51. The lowest BCUT2D eigenvalue weighted by Crippen LogP contribution is -2.29. The highest BCUT2D eigenvalue weighted by atomic mass is 32.1. The van der Waals surface area contributed by atoms with E-state index in [2.05, 4.69) is 20.3 Å². The summed E-state index contributed by atoms with van der Waals surface area (Å²) in [6.07, 6.45) is 3.14. The van der Waals surface area contributed by atoms with Crippen molar-refractivity contribution in [1.29, 1.82) is 0 Å². The summed E-state index contributed by atoms with van der Waals surface area (Å²) in [5.74, 6) is -0.321. The molecule has 0 bridgehead atoms. The van der Waals surface area contributed by atoms with Crippen LogP contribution in [0.1, 0.15) is 45.5 Å². The zero-order valence-corrected chi connectivity index (χ0v) is 12.4. The smallest absolute Gasteiger partial charge is 0.271 e. The maximum Gasteiger partial charge on any atom is 0.271 e. The molecule has 0 spiro atoms. The molecular formula is C13H16N4O2S. The van der Waals surface area contributed by atoms with Gasteiger partial charge in [0.1, 0.15) is 10.7 Å². The third-order valence-corrected chi connectivity index (χ3v) is 4.15. The second-order valence-electron chi connectivity index (χ2n) is 4.42. The first-order valence-corrected chi connectivity index (χ1v) is 7.12. The SMILES string of the molecule is CCC(NC(=O)c1c[nH]c(=O)cn1)c1nc(C)c(C)s1. The van der Waals surface area contributed by atoms with Crippen LogP contribution in [0.2, 0.25) is 0 Å². The van der Waals surface area contributed by atoms with Crippen molar-refractivity contribution in [2.45, 2.75) is 33.2 Å². The van der Waals surface area contributed by atoms with Crippen LogP contribution < -0.4 is 10.9 Å². The lowest BCUT2D eigenvalue weighted by Gasteiger charge is -2.13. The molecular weight excluding hydrogens is 276 g/mol. The number of carbonyl (C=O) groups is 1. The Kier molecular flexibility index (Phi) is 4.29. The molecule has 0 saturated heterocycles. The quantitative estimate of drug-likeness (QED) is 0.898. The molecule has 2 aromatic rings. The average Bonchev–Trinajstić information content (AvgIpc) is 2.76. The molecule has 20 heavy (non-hydrogen) atoms. The van der Waals surface area contributed by atoms with Gasteiger partial charge in [0.05, 0.1) is 17.9 Å². The highest BCUT2D eigenvalue weighted by Crippen LogP contribution is 2.24. The zero-order chi connectivity index (χ0) is 14.7. The van der Waals surface area contributed by atoms with Crippen LogP contribution in [0.25, 0.3) is 0 Å². The van der Waals surface area contributed by atoms with Gasteiger partial charge < -0.3 is 10.3 Å². The number of aryl methyl sites for hydroxylation is 2. The molecule has 0 saturated carbocycles. The van der Waals surface area contributed by atoms with Crippen molar-refractivity contribution in [2.24, 2.45) is 0 Å². The molecule has 1 unspecified atom stereocenters. The number of nitrogens with one attached hydrogen (secondary N) is 2. The number of rotatable bonds is 4. The summed E-state index contributed by atoms with van der Waals surface area (Å²) in [6.45, 7) is 5.94. The minimum atomic E-state index is -0.334. The van der Waals surface area contributed by atoms with Crippen molar-refractivity contribution >= 4 is 17.2 Å². The molecule has 2 rings (SSSR count). The number of aromatic nitrogens is 3. The molecule has 0 aliphatic rings. The summed E-state index contributed by atoms with van der Waals surface area (Å²) in [7, 11) is 0. The Bertz CT molecular complexity index is 637. The number of aromatic amines is 1. The van der Waals surface area contributed by atoms with Crippen LogP contribution >= 0.6 is 11.3 Å². The molecule has 2 heterocycles. The molecule has 1 atom stereocenters. The van der Waals surface area contributed by atoms with E-state index in [1.54, 1.807) is 11.3 Å². The molecule has 0 aliphatic heterocycles. The van der Waals surface area contributed by atoms with Gasteiger partial charge in [-0.1, -0.05) is 6.92 Å². The van der Waals surface area contributed by atoms with E-state index in [0.29, 0.717) is 0 Å². The van der Waals surface area contributed by atoms with Crippen molar-refractivity contribution in [3.8, 4) is 0 Å². The van der Waals surface area contributed by atoms with Gasteiger partial charge in [-0.25, -0.2) is 9.97 Å². The number of H-pyrrole nitrogens is 1. The van der Waals surface area contributed by atoms with E-state index in [1.807, 2.05) is 20.8 Å². The van der Waals surface area contributed by atoms with Crippen LogP contribution in [-0.4, -0.2) is 20.9 Å². The number of carbonyl (C=O) groups excluding carboxylic acids is 1. The van der Waals surface area contributed by atoms with E-state index >= 15 is 0 Å². The fourth-order valence-electron chi connectivity index (χ4n) is 1.68. The number of amides is 1. The Balaban J connectivity index is 2.15. The second kappa shape index (κ2) is 5.96. The zero-order valence-electron chi connectivity index (χ0n) is 11.6. The molecule has 0 aromatic carbocycles. The van der Waals surface area contributed by atoms with Crippen LogP contribution in [-0.2, 0) is 0 Å². The summed E-state index contributed by atoms with van der Waals surface area (Å²) < 4.78 is 0. The van der Waals surface area contributed by atoms with E-state index in [0.717, 1.165) is 28.2 Å². The fourth-order valence-corrected chi connectivity index (χ4v) is 2.74. The summed E-state index contributed by atoms with van der Waals surface area (Å²) in [5, 5.41) is 3.77. The van der Waals surface area contributed by atoms with E-state index in [9.17, 15) is 9.59 Å². The van der Waals surface area contributed by atoms with Crippen LogP contribution in [0.3, 0.4) is 0 Å². The highest BCUT2D eigenvalue weighted by molar-refractivity contribution is 7.11. The van der Waals surface area contributed by atoms with Crippen LogP contribution in [0.5, 0.6) is 0 Å². The van der Waals surface area contributed by atoms with Crippen LogP contribution in [0.15, 0.2) is 17.2 Å². The Morgan fingerprint density at radius 2 is 2.25 bits per heavy atom. The topological polar surface area (TPSA) is 87.7 Å². The Hall–Kier alpha value is -2.02. The normalized spacial score (nSPS) is 12.2. The molecule has 0 aliphatic carbocycles. The van der Waals surface area contributed by atoms with Gasteiger partial charge in [-0.05, 0) is 20.3 Å². The number of hydrogen-bond donors (Lipinski definition) is 2. The predicted octanol–water partition coefficient (Wildman–Crippen LogP) is 1.72.